The first-order valence-electron chi connectivity index (χ1n) is 5.93. The van der Waals surface area contributed by atoms with Gasteiger partial charge in [0, 0.05) is 26.1 Å². The molecule has 1 aliphatic heterocycles. The largest absolute Gasteiger partial charge is 0.481 e. The highest BCUT2D eigenvalue weighted by atomic mass is 16.4. The number of hydrogen-bond acceptors (Lipinski definition) is 4. The van der Waals surface area contributed by atoms with Crippen molar-refractivity contribution in [2.45, 2.75) is 38.3 Å². The number of hydrogen-bond donors (Lipinski definition) is 3. The maximum atomic E-state index is 11.8. The lowest BCUT2D eigenvalue weighted by molar-refractivity contribution is -0.142. The zero-order chi connectivity index (χ0) is 13.7. The molecule has 102 valence electrons. The Morgan fingerprint density at radius 2 is 1.94 bits per heavy atom. The summed E-state index contributed by atoms with van der Waals surface area (Å²) in [6.45, 7) is 2.45. The molecule has 1 saturated heterocycles. The van der Waals surface area contributed by atoms with Crippen molar-refractivity contribution >= 4 is 17.8 Å². The summed E-state index contributed by atoms with van der Waals surface area (Å²) in [5.74, 6) is -1.50. The molecule has 0 aromatic rings. The van der Waals surface area contributed by atoms with Gasteiger partial charge in [0.2, 0.25) is 11.8 Å². The number of aliphatic carboxylic acids is 1. The molecule has 7 heteroatoms. The molecule has 1 heterocycles. The van der Waals surface area contributed by atoms with Crippen molar-refractivity contribution in [2.75, 3.05) is 13.1 Å². The Morgan fingerprint density at radius 3 is 2.39 bits per heavy atom. The number of rotatable bonds is 4. The minimum Gasteiger partial charge on any atom is -0.481 e. The number of nitrogens with one attached hydrogen (secondary N) is 1. The van der Waals surface area contributed by atoms with Gasteiger partial charge in [0.05, 0.1) is 12.5 Å². The average molecular weight is 257 g/mol. The molecule has 1 unspecified atom stereocenters. The smallest absolute Gasteiger partial charge is 0.305 e. The van der Waals surface area contributed by atoms with Crippen LogP contribution in [-0.2, 0) is 14.4 Å². The van der Waals surface area contributed by atoms with E-state index in [1.807, 2.05) is 0 Å². The quantitative estimate of drug-likeness (QED) is 0.592. The number of amides is 2. The molecule has 0 spiro atoms. The van der Waals surface area contributed by atoms with Crippen LogP contribution in [0.25, 0.3) is 0 Å². The first-order chi connectivity index (χ1) is 8.40. The normalized spacial score (nSPS) is 18.2. The van der Waals surface area contributed by atoms with Gasteiger partial charge in [-0.05, 0) is 12.8 Å². The summed E-state index contributed by atoms with van der Waals surface area (Å²) >= 11 is 0. The zero-order valence-corrected chi connectivity index (χ0v) is 10.4. The second-order valence-electron chi connectivity index (χ2n) is 4.50. The molecular weight excluding hydrogens is 238 g/mol. The Bertz CT molecular complexity index is 337. The van der Waals surface area contributed by atoms with Gasteiger partial charge in [0.15, 0.2) is 0 Å². The number of nitrogens with zero attached hydrogens (tertiary/aromatic N) is 1. The van der Waals surface area contributed by atoms with Crippen molar-refractivity contribution < 1.29 is 19.5 Å². The first-order valence-corrected chi connectivity index (χ1v) is 5.93. The molecule has 7 nitrogen and oxygen atoms in total. The molecule has 1 aliphatic rings. The van der Waals surface area contributed by atoms with Crippen molar-refractivity contribution in [3.63, 3.8) is 0 Å². The summed E-state index contributed by atoms with van der Waals surface area (Å²) in [6.07, 6.45) is 0.987. The van der Waals surface area contributed by atoms with E-state index < -0.39 is 12.0 Å². The maximum Gasteiger partial charge on any atom is 0.305 e. The Balaban J connectivity index is 2.40. The van der Waals surface area contributed by atoms with E-state index in [1.165, 1.54) is 6.92 Å². The number of carbonyl (C=O) groups excluding carboxylic acids is 2. The van der Waals surface area contributed by atoms with E-state index in [0.717, 1.165) is 0 Å². The summed E-state index contributed by atoms with van der Waals surface area (Å²) in [7, 11) is 0. The van der Waals surface area contributed by atoms with Crippen molar-refractivity contribution in [3.05, 3.63) is 0 Å². The fourth-order valence-corrected chi connectivity index (χ4v) is 2.04. The minimum absolute atomic E-state index is 0.0812. The number of carboxylic acids is 1. The van der Waals surface area contributed by atoms with Crippen molar-refractivity contribution in [1.82, 2.24) is 10.2 Å². The highest BCUT2D eigenvalue weighted by Gasteiger charge is 2.27. The molecule has 0 aromatic heterocycles. The molecule has 1 atom stereocenters. The van der Waals surface area contributed by atoms with Crippen molar-refractivity contribution in [2.24, 2.45) is 5.73 Å². The number of carboxylic acid groups (broad SMARTS) is 1. The van der Waals surface area contributed by atoms with Gasteiger partial charge in [-0.3, -0.25) is 14.4 Å². The summed E-state index contributed by atoms with van der Waals surface area (Å²) in [5.41, 5.74) is 5.52. The van der Waals surface area contributed by atoms with E-state index in [9.17, 15) is 14.4 Å². The molecule has 2 amide bonds. The Kier molecular flexibility index (Phi) is 5.08. The number of piperidine rings is 1. The van der Waals surface area contributed by atoms with Crippen LogP contribution >= 0.6 is 0 Å². The lowest BCUT2D eigenvalue weighted by Crippen LogP contribution is -2.51. The average Bonchev–Trinajstić information content (AvgIpc) is 2.27. The van der Waals surface area contributed by atoms with Crippen LogP contribution in [0.5, 0.6) is 0 Å². The molecular formula is C11H19N3O4. The van der Waals surface area contributed by atoms with Crippen LogP contribution in [0.4, 0.5) is 0 Å². The molecule has 0 saturated carbocycles. The van der Waals surface area contributed by atoms with Gasteiger partial charge in [0.1, 0.15) is 0 Å². The standard InChI is InChI=1S/C11H19N3O4/c1-7(15)13-8-2-4-14(5-3-8)11(18)9(12)6-10(16)17/h8-9H,2-6,12H2,1H3,(H,13,15)(H,16,17). The van der Waals surface area contributed by atoms with Crippen LogP contribution in [-0.4, -0.2) is 53.0 Å². The number of nitrogens with two attached hydrogens (primary N) is 1. The maximum absolute atomic E-state index is 11.8. The number of likely N-dealkylation sites (tertiary alicyclic amines) is 1. The summed E-state index contributed by atoms with van der Waals surface area (Å²) in [6, 6.07) is -0.901. The van der Waals surface area contributed by atoms with E-state index in [1.54, 1.807) is 4.90 Å². The van der Waals surface area contributed by atoms with Gasteiger partial charge >= 0.3 is 5.97 Å². The van der Waals surface area contributed by atoms with E-state index in [-0.39, 0.29) is 24.3 Å². The highest BCUT2D eigenvalue weighted by molar-refractivity contribution is 5.86. The van der Waals surface area contributed by atoms with Crippen LogP contribution < -0.4 is 11.1 Å². The monoisotopic (exact) mass is 257 g/mol. The van der Waals surface area contributed by atoms with Crippen LogP contribution in [0.3, 0.4) is 0 Å². The topological polar surface area (TPSA) is 113 Å². The van der Waals surface area contributed by atoms with Crippen LogP contribution in [0.15, 0.2) is 0 Å². The van der Waals surface area contributed by atoms with Gasteiger partial charge in [-0.1, -0.05) is 0 Å². The fraction of sp³-hybridized carbons (Fsp3) is 0.727. The highest BCUT2D eigenvalue weighted by Crippen LogP contribution is 2.11. The molecule has 4 N–H and O–H groups in total. The lowest BCUT2D eigenvalue weighted by Gasteiger charge is -2.33. The molecule has 1 fully saturated rings. The molecule has 18 heavy (non-hydrogen) atoms. The summed E-state index contributed by atoms with van der Waals surface area (Å²) in [5, 5.41) is 11.4. The van der Waals surface area contributed by atoms with E-state index in [2.05, 4.69) is 5.32 Å². The van der Waals surface area contributed by atoms with Crippen molar-refractivity contribution in [1.29, 1.82) is 0 Å². The SMILES string of the molecule is CC(=O)NC1CCN(C(=O)C(N)CC(=O)O)CC1. The second-order valence-corrected chi connectivity index (χ2v) is 4.50. The van der Waals surface area contributed by atoms with Crippen LogP contribution in [0, 0.1) is 0 Å². The Hall–Kier alpha value is -1.63. The van der Waals surface area contributed by atoms with Gasteiger partial charge in [-0.2, -0.15) is 0 Å². The molecule has 0 radical (unpaired) electrons. The molecule has 0 aromatic carbocycles. The minimum atomic E-state index is -1.08. The van der Waals surface area contributed by atoms with Crippen LogP contribution in [0.1, 0.15) is 26.2 Å². The van der Waals surface area contributed by atoms with Crippen molar-refractivity contribution in [3.8, 4) is 0 Å². The predicted molar refractivity (Wildman–Crippen MR) is 63.6 cm³/mol. The second kappa shape index (κ2) is 6.34. The van der Waals surface area contributed by atoms with E-state index in [0.29, 0.717) is 25.9 Å². The van der Waals surface area contributed by atoms with E-state index >= 15 is 0 Å². The summed E-state index contributed by atoms with van der Waals surface area (Å²) < 4.78 is 0. The lowest BCUT2D eigenvalue weighted by atomic mass is 10.0. The van der Waals surface area contributed by atoms with Gasteiger partial charge < -0.3 is 21.1 Å². The molecule has 0 bridgehead atoms. The van der Waals surface area contributed by atoms with Gasteiger partial charge in [-0.15, -0.1) is 0 Å². The summed E-state index contributed by atoms with van der Waals surface area (Å²) in [4.78, 5) is 34.7. The van der Waals surface area contributed by atoms with Gasteiger partial charge in [0.25, 0.3) is 0 Å². The third-order valence-electron chi connectivity index (χ3n) is 2.93. The van der Waals surface area contributed by atoms with E-state index in [4.69, 9.17) is 10.8 Å². The Labute approximate surface area is 105 Å². The van der Waals surface area contributed by atoms with Crippen LogP contribution in [0.2, 0.25) is 0 Å². The fourth-order valence-electron chi connectivity index (χ4n) is 2.04. The predicted octanol–water partition coefficient (Wildman–Crippen LogP) is -1.08. The third kappa shape index (κ3) is 4.33. The van der Waals surface area contributed by atoms with Gasteiger partial charge in [-0.25, -0.2) is 0 Å². The molecule has 0 aliphatic carbocycles. The number of carbonyl (C=O) groups is 3. The third-order valence-corrected chi connectivity index (χ3v) is 2.93. The first kappa shape index (κ1) is 14.4. The Morgan fingerprint density at radius 1 is 1.39 bits per heavy atom. The zero-order valence-electron chi connectivity index (χ0n) is 10.4. The molecule has 1 rings (SSSR count).